The molecule has 0 heterocycles. The van der Waals surface area contributed by atoms with Crippen LogP contribution in [0.5, 0.6) is 23.0 Å². The normalized spacial score (nSPS) is 10.9. The van der Waals surface area contributed by atoms with E-state index in [0.717, 1.165) is 77.4 Å². The summed E-state index contributed by atoms with van der Waals surface area (Å²) in [4.78, 5) is 12.2. The van der Waals surface area contributed by atoms with Crippen LogP contribution in [-0.2, 0) is 0 Å². The Labute approximate surface area is 294 Å². The molecule has 0 radical (unpaired) electrons. The highest BCUT2D eigenvalue weighted by Gasteiger charge is 2.04. The maximum atomic E-state index is 13.1. The highest BCUT2D eigenvalue weighted by molar-refractivity contribution is 6.06. The highest BCUT2D eigenvalue weighted by Crippen LogP contribution is 2.25. The summed E-state index contributed by atoms with van der Waals surface area (Å²) in [6.07, 6.45) is 7.44. The molecule has 0 saturated carbocycles. The van der Waals surface area contributed by atoms with Gasteiger partial charge in [-0.05, 0) is 134 Å². The topological polar surface area (TPSA) is 54.0 Å². The summed E-state index contributed by atoms with van der Waals surface area (Å²) in [6.45, 7) is 8.18. The van der Waals surface area contributed by atoms with Gasteiger partial charge in [-0.2, -0.15) is 0 Å². The van der Waals surface area contributed by atoms with E-state index in [1.165, 1.54) is 30.3 Å². The smallest absolute Gasteiger partial charge is 0.185 e. The standard InChI is InChI=1S/C44H43FO5/c1-33(2)35-12-22-41(23-13-35)47-29-5-3-4-6-30-48-42-24-14-36(15-25-42)37-16-26-43(27-17-37)50-32-31-49-40-20-7-34(8-21-40)9-28-44(46)38-10-18-39(45)19-11-38/h7-28H,1,3-6,29-32H2,2H3/b28-9+. The predicted molar refractivity (Wildman–Crippen MR) is 200 cm³/mol. The van der Waals surface area contributed by atoms with Gasteiger partial charge in [0.05, 0.1) is 13.2 Å². The molecular formula is C44H43FO5. The van der Waals surface area contributed by atoms with Crippen LogP contribution in [-0.4, -0.2) is 32.2 Å². The monoisotopic (exact) mass is 670 g/mol. The lowest BCUT2D eigenvalue weighted by Crippen LogP contribution is -2.08. The molecule has 0 aromatic heterocycles. The third-order valence-electron chi connectivity index (χ3n) is 8.02. The van der Waals surface area contributed by atoms with Gasteiger partial charge in [0, 0.05) is 5.56 Å². The molecule has 0 aliphatic rings. The maximum absolute atomic E-state index is 13.1. The fourth-order valence-corrected chi connectivity index (χ4v) is 5.14. The van der Waals surface area contributed by atoms with Crippen molar-refractivity contribution in [2.45, 2.75) is 32.6 Å². The molecule has 5 nitrogen and oxygen atoms in total. The van der Waals surface area contributed by atoms with Gasteiger partial charge in [-0.15, -0.1) is 0 Å². The molecule has 0 unspecified atom stereocenters. The number of unbranched alkanes of at least 4 members (excludes halogenated alkanes) is 3. The van der Waals surface area contributed by atoms with Crippen LogP contribution in [0.3, 0.4) is 0 Å². The fourth-order valence-electron chi connectivity index (χ4n) is 5.14. The van der Waals surface area contributed by atoms with Crippen LogP contribution in [0.25, 0.3) is 22.8 Å². The van der Waals surface area contributed by atoms with Crippen molar-refractivity contribution in [3.63, 3.8) is 0 Å². The molecular weight excluding hydrogens is 627 g/mol. The number of benzene rings is 5. The molecule has 5 aromatic rings. The van der Waals surface area contributed by atoms with Crippen LogP contribution >= 0.6 is 0 Å². The lowest BCUT2D eigenvalue weighted by Gasteiger charge is -2.10. The number of halogens is 1. The maximum Gasteiger partial charge on any atom is 0.185 e. The molecule has 0 N–H and O–H groups in total. The van der Waals surface area contributed by atoms with E-state index in [9.17, 15) is 9.18 Å². The van der Waals surface area contributed by atoms with Crippen LogP contribution < -0.4 is 18.9 Å². The lowest BCUT2D eigenvalue weighted by atomic mass is 10.1. The van der Waals surface area contributed by atoms with Gasteiger partial charge in [-0.3, -0.25) is 4.79 Å². The average Bonchev–Trinajstić information content (AvgIpc) is 3.15. The summed E-state index contributed by atoms with van der Waals surface area (Å²) in [5, 5.41) is 0. The molecule has 6 heteroatoms. The molecule has 50 heavy (non-hydrogen) atoms. The third-order valence-corrected chi connectivity index (χ3v) is 8.02. The van der Waals surface area contributed by atoms with Crippen LogP contribution in [0.4, 0.5) is 4.39 Å². The van der Waals surface area contributed by atoms with E-state index < -0.39 is 0 Å². The first-order valence-corrected chi connectivity index (χ1v) is 17.0. The zero-order valence-electron chi connectivity index (χ0n) is 28.5. The first-order valence-electron chi connectivity index (χ1n) is 17.0. The third kappa shape index (κ3) is 11.5. The van der Waals surface area contributed by atoms with E-state index >= 15 is 0 Å². The summed E-state index contributed by atoms with van der Waals surface area (Å²) < 4.78 is 36.5. The Kier molecular flexibility index (Phi) is 13.4. The van der Waals surface area contributed by atoms with Crippen molar-refractivity contribution < 1.29 is 28.1 Å². The van der Waals surface area contributed by atoms with Gasteiger partial charge in [0.1, 0.15) is 42.0 Å². The van der Waals surface area contributed by atoms with Crippen molar-refractivity contribution in [3.05, 3.63) is 156 Å². The van der Waals surface area contributed by atoms with Crippen LogP contribution in [0.2, 0.25) is 0 Å². The molecule has 0 saturated heterocycles. The Morgan fingerprint density at radius 2 is 0.940 bits per heavy atom. The van der Waals surface area contributed by atoms with Gasteiger partial charge in [0.15, 0.2) is 5.78 Å². The lowest BCUT2D eigenvalue weighted by molar-refractivity contribution is 0.104. The van der Waals surface area contributed by atoms with Gasteiger partial charge >= 0.3 is 0 Å². The molecule has 0 amide bonds. The average molecular weight is 671 g/mol. The largest absolute Gasteiger partial charge is 0.494 e. The van der Waals surface area contributed by atoms with Crippen molar-refractivity contribution in [1.82, 2.24) is 0 Å². The number of ketones is 1. The Hall–Kier alpha value is -5.62. The number of carbonyl (C=O) groups excluding carboxylic acids is 1. The van der Waals surface area contributed by atoms with E-state index in [1.807, 2.05) is 91.9 Å². The van der Waals surface area contributed by atoms with Gasteiger partial charge in [0.25, 0.3) is 0 Å². The SMILES string of the molecule is C=C(C)c1ccc(OCCCCCCOc2ccc(-c3ccc(OCCOc4ccc(/C=C/C(=O)c5ccc(F)cc5)cc4)cc3)cc2)cc1. The van der Waals surface area contributed by atoms with Crippen molar-refractivity contribution in [1.29, 1.82) is 0 Å². The second kappa shape index (κ2) is 18.8. The van der Waals surface area contributed by atoms with Gasteiger partial charge in [-0.25, -0.2) is 4.39 Å². The van der Waals surface area contributed by atoms with E-state index in [1.54, 1.807) is 6.08 Å². The Morgan fingerprint density at radius 1 is 0.540 bits per heavy atom. The van der Waals surface area contributed by atoms with Crippen molar-refractivity contribution >= 4 is 17.4 Å². The van der Waals surface area contributed by atoms with Gasteiger partial charge in [-0.1, -0.05) is 66.8 Å². The molecule has 0 bridgehead atoms. The van der Waals surface area contributed by atoms with Crippen molar-refractivity contribution in [2.24, 2.45) is 0 Å². The summed E-state index contributed by atoms with van der Waals surface area (Å²) in [5.41, 5.74) is 5.70. The van der Waals surface area contributed by atoms with Crippen LogP contribution in [0.15, 0.2) is 134 Å². The van der Waals surface area contributed by atoms with Gasteiger partial charge in [0.2, 0.25) is 0 Å². The predicted octanol–water partition coefficient (Wildman–Crippen LogP) is 10.9. The Balaban J connectivity index is 0.934. The molecule has 0 fully saturated rings. The molecule has 0 atom stereocenters. The zero-order valence-corrected chi connectivity index (χ0v) is 28.5. The molecule has 0 aliphatic carbocycles. The zero-order chi connectivity index (χ0) is 35.0. The summed E-state index contributed by atoms with van der Waals surface area (Å²) in [5.74, 6) is 2.70. The van der Waals surface area contributed by atoms with Crippen LogP contribution in [0.1, 0.15) is 54.1 Å². The number of hydrogen-bond donors (Lipinski definition) is 0. The quantitative estimate of drug-likeness (QED) is 0.0497. The number of allylic oxidation sites excluding steroid dienone is 2. The van der Waals surface area contributed by atoms with Crippen molar-refractivity contribution in [3.8, 4) is 34.1 Å². The molecule has 256 valence electrons. The summed E-state index contributed by atoms with van der Waals surface area (Å²) in [7, 11) is 0. The molecule has 0 aliphatic heterocycles. The Bertz CT molecular complexity index is 1810. The van der Waals surface area contributed by atoms with E-state index in [0.29, 0.717) is 31.1 Å². The number of hydrogen-bond acceptors (Lipinski definition) is 5. The first kappa shape index (κ1) is 35.7. The minimum absolute atomic E-state index is 0.184. The highest BCUT2D eigenvalue weighted by atomic mass is 19.1. The summed E-state index contributed by atoms with van der Waals surface area (Å²) in [6, 6.07) is 37.2. The van der Waals surface area contributed by atoms with E-state index in [4.69, 9.17) is 18.9 Å². The molecule has 0 spiro atoms. The van der Waals surface area contributed by atoms with E-state index in [-0.39, 0.29) is 11.6 Å². The number of carbonyl (C=O) groups is 1. The summed E-state index contributed by atoms with van der Waals surface area (Å²) >= 11 is 0. The fraction of sp³-hybridized carbons (Fsp3) is 0.205. The van der Waals surface area contributed by atoms with Gasteiger partial charge < -0.3 is 18.9 Å². The first-order chi connectivity index (χ1) is 24.4. The van der Waals surface area contributed by atoms with E-state index in [2.05, 4.69) is 18.7 Å². The Morgan fingerprint density at radius 3 is 1.40 bits per heavy atom. The number of ether oxygens (including phenoxy) is 4. The van der Waals surface area contributed by atoms with Crippen molar-refractivity contribution in [2.75, 3.05) is 26.4 Å². The number of rotatable bonds is 19. The van der Waals surface area contributed by atoms with Crippen LogP contribution in [0, 0.1) is 5.82 Å². The molecule has 5 aromatic carbocycles. The second-order valence-corrected chi connectivity index (χ2v) is 11.9. The minimum Gasteiger partial charge on any atom is -0.494 e. The molecule has 5 rings (SSSR count). The minimum atomic E-state index is -0.369. The second-order valence-electron chi connectivity index (χ2n) is 11.9.